The molecule has 0 amide bonds. The van der Waals surface area contributed by atoms with Crippen molar-refractivity contribution in [2.75, 3.05) is 0 Å². The lowest BCUT2D eigenvalue weighted by atomic mass is 9.89. The second-order valence-electron chi connectivity index (χ2n) is 6.10. The molecule has 2 heterocycles. The van der Waals surface area contributed by atoms with Gasteiger partial charge in [0.1, 0.15) is 4.83 Å². The van der Waals surface area contributed by atoms with Gasteiger partial charge in [-0.2, -0.15) is 0 Å². The van der Waals surface area contributed by atoms with Gasteiger partial charge in [-0.05, 0) is 67.2 Å². The van der Waals surface area contributed by atoms with Crippen LogP contribution in [0.2, 0.25) is 5.02 Å². The van der Waals surface area contributed by atoms with Gasteiger partial charge in [-0.25, -0.2) is 0 Å². The topological polar surface area (TPSA) is 37.8 Å². The van der Waals surface area contributed by atoms with Gasteiger partial charge in [0.05, 0.1) is 11.1 Å². The molecule has 3 nitrogen and oxygen atoms in total. The standard InChI is InChI=1S/C17H15ClN2OS2/c1-9-2-7-12-13(8-9)23-15-14(12)16(21)20(17(22)19-15)11-5-3-10(18)4-6-11/h3-6,9H,2,7-8H2,1H3,(H,19,22)/t9-/m1/s1. The van der Waals surface area contributed by atoms with Crippen molar-refractivity contribution >= 4 is 45.4 Å². The van der Waals surface area contributed by atoms with Gasteiger partial charge in [0, 0.05) is 9.90 Å². The first-order valence-electron chi connectivity index (χ1n) is 7.60. The van der Waals surface area contributed by atoms with E-state index in [2.05, 4.69) is 11.9 Å². The largest absolute Gasteiger partial charge is 0.323 e. The molecule has 0 saturated carbocycles. The Kier molecular flexibility index (Phi) is 3.67. The summed E-state index contributed by atoms with van der Waals surface area (Å²) >= 11 is 13.1. The second-order valence-corrected chi connectivity index (χ2v) is 8.03. The number of aromatic amines is 1. The number of fused-ring (bicyclic) bond motifs is 3. The minimum atomic E-state index is -0.0295. The third-order valence-corrected chi connectivity index (χ3v) is 6.14. The molecule has 1 atom stereocenters. The predicted octanol–water partition coefficient (Wildman–Crippen LogP) is 4.89. The number of hydrogen-bond acceptors (Lipinski definition) is 3. The highest BCUT2D eigenvalue weighted by Crippen LogP contribution is 2.35. The van der Waals surface area contributed by atoms with Gasteiger partial charge in [0.2, 0.25) is 0 Å². The van der Waals surface area contributed by atoms with Gasteiger partial charge < -0.3 is 4.98 Å². The lowest BCUT2D eigenvalue weighted by molar-refractivity contribution is 0.509. The number of halogens is 1. The Labute approximate surface area is 147 Å². The van der Waals surface area contributed by atoms with Gasteiger partial charge in [0.25, 0.3) is 5.56 Å². The predicted molar refractivity (Wildman–Crippen MR) is 98.8 cm³/mol. The number of aromatic nitrogens is 2. The number of nitrogens with zero attached hydrogens (tertiary/aromatic N) is 1. The SMILES string of the molecule is C[C@@H]1CCc2c(sc3[nH]c(=S)n(-c4ccc(Cl)cc4)c(=O)c23)C1. The van der Waals surface area contributed by atoms with Gasteiger partial charge in [-0.3, -0.25) is 9.36 Å². The Hall–Kier alpha value is -1.43. The van der Waals surface area contributed by atoms with E-state index in [-0.39, 0.29) is 5.56 Å². The molecule has 0 bridgehead atoms. The van der Waals surface area contributed by atoms with E-state index in [1.54, 1.807) is 28.0 Å². The third-order valence-electron chi connectivity index (χ3n) is 4.44. The molecule has 1 aliphatic carbocycles. The fourth-order valence-electron chi connectivity index (χ4n) is 3.25. The summed E-state index contributed by atoms with van der Waals surface area (Å²) in [4.78, 5) is 18.6. The van der Waals surface area contributed by atoms with Crippen LogP contribution in [0.25, 0.3) is 15.9 Å². The van der Waals surface area contributed by atoms with Crippen molar-refractivity contribution in [2.24, 2.45) is 5.92 Å². The molecule has 2 aromatic heterocycles. The zero-order chi connectivity index (χ0) is 16.1. The normalized spacial score (nSPS) is 17.4. The van der Waals surface area contributed by atoms with Crippen molar-refractivity contribution in [3.8, 4) is 5.69 Å². The highest BCUT2D eigenvalue weighted by Gasteiger charge is 2.23. The molecule has 23 heavy (non-hydrogen) atoms. The molecule has 4 rings (SSSR count). The van der Waals surface area contributed by atoms with Crippen LogP contribution in [0.3, 0.4) is 0 Å². The minimum absolute atomic E-state index is 0.0295. The smallest absolute Gasteiger partial charge is 0.267 e. The van der Waals surface area contributed by atoms with Crippen molar-refractivity contribution in [1.82, 2.24) is 9.55 Å². The molecule has 0 aliphatic heterocycles. The first kappa shape index (κ1) is 15.1. The zero-order valence-electron chi connectivity index (χ0n) is 12.6. The maximum Gasteiger partial charge on any atom is 0.267 e. The Morgan fingerprint density at radius 1 is 1.35 bits per heavy atom. The van der Waals surface area contributed by atoms with E-state index in [1.807, 2.05) is 12.1 Å². The number of H-pyrrole nitrogens is 1. The van der Waals surface area contributed by atoms with Crippen LogP contribution in [-0.2, 0) is 12.8 Å². The van der Waals surface area contributed by atoms with Crippen molar-refractivity contribution in [1.29, 1.82) is 0 Å². The molecule has 0 fully saturated rings. The van der Waals surface area contributed by atoms with E-state index in [0.29, 0.717) is 15.7 Å². The number of nitrogens with one attached hydrogen (secondary N) is 1. The van der Waals surface area contributed by atoms with Gasteiger partial charge >= 0.3 is 0 Å². The van der Waals surface area contributed by atoms with Gasteiger partial charge in [0.15, 0.2) is 4.77 Å². The van der Waals surface area contributed by atoms with Crippen LogP contribution in [0, 0.1) is 10.7 Å². The monoisotopic (exact) mass is 362 g/mol. The van der Waals surface area contributed by atoms with E-state index in [0.717, 1.165) is 35.2 Å². The molecule has 0 unspecified atom stereocenters. The first-order chi connectivity index (χ1) is 11.0. The number of rotatable bonds is 1. The zero-order valence-corrected chi connectivity index (χ0v) is 14.9. The van der Waals surface area contributed by atoms with E-state index < -0.39 is 0 Å². The lowest BCUT2D eigenvalue weighted by Gasteiger charge is -2.17. The molecular weight excluding hydrogens is 348 g/mol. The summed E-state index contributed by atoms with van der Waals surface area (Å²) < 4.78 is 2.00. The van der Waals surface area contributed by atoms with E-state index in [9.17, 15) is 4.79 Å². The summed E-state index contributed by atoms with van der Waals surface area (Å²) in [5, 5.41) is 1.44. The summed E-state index contributed by atoms with van der Waals surface area (Å²) in [6.07, 6.45) is 3.15. The maximum absolute atomic E-state index is 13.1. The van der Waals surface area contributed by atoms with Crippen molar-refractivity contribution in [2.45, 2.75) is 26.2 Å². The van der Waals surface area contributed by atoms with E-state index in [1.165, 1.54) is 10.4 Å². The summed E-state index contributed by atoms with van der Waals surface area (Å²) in [5.74, 6) is 0.678. The number of thiophene rings is 1. The summed E-state index contributed by atoms with van der Waals surface area (Å²) in [5.41, 5.74) is 1.92. The van der Waals surface area contributed by atoms with Crippen molar-refractivity contribution < 1.29 is 0 Å². The van der Waals surface area contributed by atoms with Crippen LogP contribution in [0.4, 0.5) is 0 Å². The van der Waals surface area contributed by atoms with Crippen LogP contribution in [0.15, 0.2) is 29.1 Å². The summed E-state index contributed by atoms with van der Waals surface area (Å²) in [6, 6.07) is 7.18. The van der Waals surface area contributed by atoms with Crippen molar-refractivity contribution in [3.05, 3.63) is 54.9 Å². The fraction of sp³-hybridized carbons (Fsp3) is 0.294. The number of hydrogen-bond donors (Lipinski definition) is 1. The summed E-state index contributed by atoms with van der Waals surface area (Å²) in [7, 11) is 0. The van der Waals surface area contributed by atoms with Crippen LogP contribution in [0.1, 0.15) is 23.8 Å². The molecule has 1 aromatic carbocycles. The van der Waals surface area contributed by atoms with E-state index >= 15 is 0 Å². The Bertz CT molecular complexity index is 1010. The van der Waals surface area contributed by atoms with Gasteiger partial charge in [-0.1, -0.05) is 18.5 Å². The number of aryl methyl sites for hydroxylation is 1. The molecule has 6 heteroatoms. The minimum Gasteiger partial charge on any atom is -0.323 e. The Balaban J connectivity index is 2.02. The van der Waals surface area contributed by atoms with Gasteiger partial charge in [-0.15, -0.1) is 11.3 Å². The molecule has 118 valence electrons. The molecule has 0 saturated heterocycles. The quantitative estimate of drug-likeness (QED) is 0.626. The highest BCUT2D eigenvalue weighted by molar-refractivity contribution is 7.71. The second kappa shape index (κ2) is 5.58. The molecule has 0 spiro atoms. The maximum atomic E-state index is 13.1. The average Bonchev–Trinajstić information content (AvgIpc) is 2.86. The molecule has 1 N–H and O–H groups in total. The van der Waals surface area contributed by atoms with Crippen LogP contribution in [-0.4, -0.2) is 9.55 Å². The molecule has 3 aromatic rings. The highest BCUT2D eigenvalue weighted by atomic mass is 35.5. The average molecular weight is 363 g/mol. The van der Waals surface area contributed by atoms with E-state index in [4.69, 9.17) is 23.8 Å². The third kappa shape index (κ3) is 2.47. The van der Waals surface area contributed by atoms with Crippen LogP contribution >= 0.6 is 35.2 Å². The first-order valence-corrected chi connectivity index (χ1v) is 9.20. The lowest BCUT2D eigenvalue weighted by Crippen LogP contribution is -2.21. The fourth-order valence-corrected chi connectivity index (χ4v) is 5.13. The van der Waals surface area contributed by atoms with Crippen molar-refractivity contribution in [3.63, 3.8) is 0 Å². The Morgan fingerprint density at radius 2 is 2.09 bits per heavy atom. The molecule has 0 radical (unpaired) electrons. The molecule has 1 aliphatic rings. The van der Waals surface area contributed by atoms with Crippen LogP contribution in [0.5, 0.6) is 0 Å². The number of benzene rings is 1. The summed E-state index contributed by atoms with van der Waals surface area (Å²) in [6.45, 7) is 2.27. The molecular formula is C17H15ClN2OS2. The Morgan fingerprint density at radius 3 is 2.83 bits per heavy atom. The van der Waals surface area contributed by atoms with Crippen LogP contribution < -0.4 is 5.56 Å².